The second-order valence-electron chi connectivity index (χ2n) is 7.05. The van der Waals surface area contributed by atoms with Crippen molar-refractivity contribution in [3.8, 4) is 5.75 Å². The zero-order valence-electron chi connectivity index (χ0n) is 18.3. The molecule has 1 aromatic carbocycles. The number of furan rings is 1. The zero-order valence-corrected chi connectivity index (χ0v) is 19.1. The molecule has 7 nitrogen and oxygen atoms in total. The number of hydrogen-bond acceptors (Lipinski definition) is 7. The number of rotatable bonds is 8. The normalized spacial score (nSPS) is 11.6. The molecule has 1 amide bonds. The van der Waals surface area contributed by atoms with Crippen LogP contribution in [0.4, 0.5) is 5.13 Å². The Bertz CT molecular complexity index is 1140. The van der Waals surface area contributed by atoms with Crippen LogP contribution in [-0.2, 0) is 20.7 Å². The van der Waals surface area contributed by atoms with Crippen molar-refractivity contribution in [1.82, 2.24) is 4.98 Å². The predicted octanol–water partition coefficient (Wildman–Crippen LogP) is 5.05. The Hall–Kier alpha value is -3.13. The van der Waals surface area contributed by atoms with Crippen molar-refractivity contribution in [3.63, 3.8) is 0 Å². The highest BCUT2D eigenvalue weighted by molar-refractivity contribution is 7.14. The number of hydrogen-bond donors (Lipinski definition) is 1. The lowest BCUT2D eigenvalue weighted by Gasteiger charge is -2.14. The van der Waals surface area contributed by atoms with Gasteiger partial charge in [-0.25, -0.2) is 4.98 Å². The Morgan fingerprint density at radius 3 is 2.74 bits per heavy atom. The third kappa shape index (κ3) is 5.14. The number of benzene rings is 1. The summed E-state index contributed by atoms with van der Waals surface area (Å²) in [5.41, 5.74) is 4.88. The molecule has 3 rings (SSSR count). The lowest BCUT2D eigenvalue weighted by Crippen LogP contribution is -2.10. The minimum atomic E-state index is -0.342. The number of aryl methyl sites for hydroxylation is 2. The summed E-state index contributed by atoms with van der Waals surface area (Å²) in [6.45, 7) is 10.3. The molecule has 0 aliphatic rings. The van der Waals surface area contributed by atoms with E-state index >= 15 is 0 Å². The minimum Gasteiger partial charge on any atom is -0.493 e. The van der Waals surface area contributed by atoms with Crippen LogP contribution in [0.1, 0.15) is 43.2 Å². The van der Waals surface area contributed by atoms with E-state index in [1.54, 1.807) is 18.6 Å². The first-order chi connectivity index (χ1) is 14.8. The number of amides is 1. The van der Waals surface area contributed by atoms with Crippen LogP contribution in [0.25, 0.3) is 16.5 Å². The molecular formula is C23H26N2O5S. The molecule has 8 heteroatoms. The molecule has 0 aliphatic carbocycles. The van der Waals surface area contributed by atoms with Gasteiger partial charge in [-0.15, -0.1) is 11.3 Å². The third-order valence-corrected chi connectivity index (χ3v) is 5.52. The molecule has 0 bridgehead atoms. The molecule has 0 aliphatic heterocycles. The van der Waals surface area contributed by atoms with Crippen molar-refractivity contribution >= 4 is 44.9 Å². The summed E-state index contributed by atoms with van der Waals surface area (Å²) < 4.78 is 16.5. The smallest absolute Gasteiger partial charge is 0.311 e. The van der Waals surface area contributed by atoms with Gasteiger partial charge in [0.2, 0.25) is 5.91 Å². The van der Waals surface area contributed by atoms with Crippen molar-refractivity contribution < 1.29 is 23.5 Å². The van der Waals surface area contributed by atoms with Gasteiger partial charge in [0.15, 0.2) is 5.13 Å². The van der Waals surface area contributed by atoms with Gasteiger partial charge in [0.1, 0.15) is 11.3 Å². The van der Waals surface area contributed by atoms with E-state index in [9.17, 15) is 9.59 Å². The van der Waals surface area contributed by atoms with Crippen LogP contribution in [0.3, 0.4) is 0 Å². The molecule has 2 heterocycles. The van der Waals surface area contributed by atoms with Crippen LogP contribution >= 0.6 is 11.3 Å². The first-order valence-corrected chi connectivity index (χ1v) is 11.0. The molecule has 0 saturated heterocycles. The van der Waals surface area contributed by atoms with Gasteiger partial charge in [-0.05, 0) is 51.8 Å². The van der Waals surface area contributed by atoms with Crippen LogP contribution < -0.4 is 10.1 Å². The monoisotopic (exact) mass is 442 g/mol. The van der Waals surface area contributed by atoms with E-state index in [1.165, 1.54) is 17.4 Å². The van der Waals surface area contributed by atoms with Crippen molar-refractivity contribution in [1.29, 1.82) is 0 Å². The summed E-state index contributed by atoms with van der Waals surface area (Å²) in [6.07, 6.45) is 3.32. The molecule has 3 aromatic rings. The predicted molar refractivity (Wildman–Crippen MR) is 122 cm³/mol. The fraction of sp³-hybridized carbons (Fsp3) is 0.348. The minimum absolute atomic E-state index is 0.0795. The standard InChI is InChI=1S/C23H26N2O5S/c1-6-28-20(27)9-16-12-31-23(24-16)25-19(26)8-13(3)17-10-18-14(4)11-30-22(18)15(5)21(17)29-7-2/h8,10-12H,6-7,9H2,1-5H3,(H,24,25,26)/b13-8+. The van der Waals surface area contributed by atoms with Crippen LogP contribution in [-0.4, -0.2) is 30.1 Å². The Balaban J connectivity index is 1.82. The lowest BCUT2D eigenvalue weighted by atomic mass is 9.98. The molecule has 0 unspecified atom stereocenters. The van der Waals surface area contributed by atoms with E-state index in [1.807, 2.05) is 33.8 Å². The highest BCUT2D eigenvalue weighted by atomic mass is 32.1. The summed E-state index contributed by atoms with van der Waals surface area (Å²) in [5.74, 6) is 0.0562. The molecule has 31 heavy (non-hydrogen) atoms. The summed E-state index contributed by atoms with van der Waals surface area (Å²) in [7, 11) is 0. The quantitative estimate of drug-likeness (QED) is 0.388. The second kappa shape index (κ2) is 9.78. The maximum atomic E-state index is 12.6. The number of allylic oxidation sites excluding steroid dienone is 1. The van der Waals surface area contributed by atoms with E-state index in [0.29, 0.717) is 29.8 Å². The highest BCUT2D eigenvalue weighted by Gasteiger charge is 2.17. The first kappa shape index (κ1) is 22.6. The van der Waals surface area contributed by atoms with E-state index in [2.05, 4.69) is 10.3 Å². The number of carbonyl (C=O) groups excluding carboxylic acids is 2. The Morgan fingerprint density at radius 2 is 2.03 bits per heavy atom. The molecule has 0 radical (unpaired) electrons. The fourth-order valence-electron chi connectivity index (χ4n) is 3.28. The van der Waals surface area contributed by atoms with Gasteiger partial charge in [-0.3, -0.25) is 14.9 Å². The van der Waals surface area contributed by atoms with Crippen molar-refractivity contribution in [2.75, 3.05) is 18.5 Å². The van der Waals surface area contributed by atoms with Crippen LogP contribution in [0.5, 0.6) is 5.75 Å². The van der Waals surface area contributed by atoms with Crippen LogP contribution in [0.2, 0.25) is 0 Å². The number of thiazole rings is 1. The molecule has 1 N–H and O–H groups in total. The van der Waals surface area contributed by atoms with Gasteiger partial charge < -0.3 is 13.9 Å². The third-order valence-electron chi connectivity index (χ3n) is 4.71. The second-order valence-corrected chi connectivity index (χ2v) is 7.91. The molecule has 0 fully saturated rings. The fourth-order valence-corrected chi connectivity index (χ4v) is 4.00. The Kier molecular flexibility index (Phi) is 7.12. The number of ether oxygens (including phenoxy) is 2. The average molecular weight is 443 g/mol. The SMILES string of the molecule is CCOC(=O)Cc1csc(NC(=O)/C=C(\C)c2cc3c(C)coc3c(C)c2OCC)n1. The highest BCUT2D eigenvalue weighted by Crippen LogP contribution is 2.37. The maximum absolute atomic E-state index is 12.6. The van der Waals surface area contributed by atoms with Gasteiger partial charge in [0.25, 0.3) is 0 Å². The number of nitrogens with one attached hydrogen (secondary N) is 1. The molecule has 164 valence electrons. The van der Waals surface area contributed by atoms with Crippen LogP contribution in [0, 0.1) is 13.8 Å². The Labute approximate surface area is 185 Å². The van der Waals surface area contributed by atoms with E-state index in [0.717, 1.165) is 33.2 Å². The van der Waals surface area contributed by atoms with Gasteiger partial charge in [0.05, 0.1) is 31.6 Å². The molecular weight excluding hydrogens is 416 g/mol. The Morgan fingerprint density at radius 1 is 1.26 bits per heavy atom. The molecule has 0 spiro atoms. The summed E-state index contributed by atoms with van der Waals surface area (Å²) >= 11 is 1.26. The first-order valence-electron chi connectivity index (χ1n) is 10.1. The number of aromatic nitrogens is 1. The van der Waals surface area contributed by atoms with Crippen molar-refractivity contribution in [3.05, 3.63) is 46.2 Å². The summed E-state index contributed by atoms with van der Waals surface area (Å²) in [6, 6.07) is 1.99. The van der Waals surface area contributed by atoms with Gasteiger partial charge >= 0.3 is 5.97 Å². The van der Waals surface area contributed by atoms with E-state index in [-0.39, 0.29) is 18.3 Å². The maximum Gasteiger partial charge on any atom is 0.311 e. The zero-order chi connectivity index (χ0) is 22.5. The van der Waals surface area contributed by atoms with Crippen LogP contribution in [0.15, 0.2) is 28.2 Å². The van der Waals surface area contributed by atoms with Gasteiger partial charge in [-0.2, -0.15) is 0 Å². The summed E-state index contributed by atoms with van der Waals surface area (Å²) in [4.78, 5) is 28.5. The largest absolute Gasteiger partial charge is 0.493 e. The summed E-state index contributed by atoms with van der Waals surface area (Å²) in [5, 5.41) is 5.91. The van der Waals surface area contributed by atoms with Crippen molar-refractivity contribution in [2.24, 2.45) is 0 Å². The van der Waals surface area contributed by atoms with Gasteiger partial charge in [-0.1, -0.05) is 0 Å². The topological polar surface area (TPSA) is 90.7 Å². The molecule has 0 atom stereocenters. The molecule has 0 saturated carbocycles. The lowest BCUT2D eigenvalue weighted by molar-refractivity contribution is -0.142. The number of esters is 1. The number of anilines is 1. The number of carbonyl (C=O) groups is 2. The van der Waals surface area contributed by atoms with E-state index in [4.69, 9.17) is 13.9 Å². The van der Waals surface area contributed by atoms with E-state index < -0.39 is 0 Å². The number of fused-ring (bicyclic) bond motifs is 1. The average Bonchev–Trinajstić information content (AvgIpc) is 3.30. The number of nitrogens with zero attached hydrogens (tertiary/aromatic N) is 1. The van der Waals surface area contributed by atoms with Gasteiger partial charge in [0, 0.05) is 28.0 Å². The molecule has 2 aromatic heterocycles. The van der Waals surface area contributed by atoms with Crippen molar-refractivity contribution in [2.45, 2.75) is 41.0 Å².